The maximum absolute atomic E-state index is 14.1. The van der Waals surface area contributed by atoms with Crippen LogP contribution in [0.25, 0.3) is 10.8 Å². The molecule has 40 heavy (non-hydrogen) atoms. The van der Waals surface area contributed by atoms with Crippen LogP contribution in [0.1, 0.15) is 48.0 Å². The molecule has 0 aliphatic carbocycles. The molecule has 0 fully saturated rings. The predicted molar refractivity (Wildman–Crippen MR) is 162 cm³/mol. The molecular weight excluding hydrogens is 537 g/mol. The van der Waals surface area contributed by atoms with E-state index < -0.39 is 16.1 Å². The summed E-state index contributed by atoms with van der Waals surface area (Å²) in [6.07, 6.45) is 1.86. The number of thioether (sulfide) groups is 1. The number of fused-ring (bicyclic) bond motifs is 1. The topological polar surface area (TPSA) is 66.5 Å². The predicted octanol–water partition coefficient (Wildman–Crippen LogP) is 6.92. The van der Waals surface area contributed by atoms with E-state index in [1.165, 1.54) is 16.0 Å². The number of hydrogen-bond donors (Lipinski definition) is 1. The first-order chi connectivity index (χ1) is 19.4. The second-order valence-electron chi connectivity index (χ2n) is 10.5. The minimum absolute atomic E-state index is 0.0366. The van der Waals surface area contributed by atoms with Crippen molar-refractivity contribution in [2.24, 2.45) is 0 Å². The summed E-state index contributed by atoms with van der Waals surface area (Å²) in [6, 6.07) is 29.8. The zero-order valence-corrected chi connectivity index (χ0v) is 24.0. The van der Waals surface area contributed by atoms with Gasteiger partial charge in [0, 0.05) is 18.7 Å². The molecule has 204 valence electrons. The molecule has 4 aromatic rings. The van der Waals surface area contributed by atoms with Crippen molar-refractivity contribution in [2.45, 2.75) is 43.2 Å². The Bertz CT molecular complexity index is 1680. The van der Waals surface area contributed by atoms with Crippen LogP contribution in [0.5, 0.6) is 0 Å². The molecule has 5 nitrogen and oxygen atoms in total. The van der Waals surface area contributed by atoms with Crippen molar-refractivity contribution in [2.75, 3.05) is 12.3 Å². The number of sulfonamides is 1. The van der Waals surface area contributed by atoms with E-state index in [9.17, 15) is 13.2 Å². The number of hydrogen-bond acceptors (Lipinski definition) is 4. The first-order valence-corrected chi connectivity index (χ1v) is 16.1. The van der Waals surface area contributed by atoms with Gasteiger partial charge in [-0.2, -0.15) is 0 Å². The first-order valence-electron chi connectivity index (χ1n) is 13.7. The molecule has 1 unspecified atom stereocenters. The van der Waals surface area contributed by atoms with Gasteiger partial charge in [-0.15, -0.1) is 11.8 Å². The molecule has 0 aromatic heterocycles. The minimum Gasteiger partial charge on any atom is -0.331 e. The SMILES string of the molecule is Cc1ccc(C2C3=C(CCN2C(=O)C[C@@H](NS(=O)(=O)c2ccc4ccccc4c2)c2ccccc2)SCC3)cc1. The number of nitrogens with zero attached hydrogens (tertiary/aromatic N) is 1. The molecule has 0 spiro atoms. The fraction of sp³-hybridized carbons (Fsp3) is 0.242. The van der Waals surface area contributed by atoms with Crippen LogP contribution in [0.15, 0.2) is 112 Å². The molecule has 2 atom stereocenters. The average Bonchev–Trinajstić information content (AvgIpc) is 3.46. The van der Waals surface area contributed by atoms with Crippen LogP contribution in [0.3, 0.4) is 0 Å². The lowest BCUT2D eigenvalue weighted by Gasteiger charge is -2.38. The molecule has 0 saturated heterocycles. The molecule has 0 radical (unpaired) electrons. The lowest BCUT2D eigenvalue weighted by atomic mass is 9.90. The highest BCUT2D eigenvalue weighted by atomic mass is 32.2. The summed E-state index contributed by atoms with van der Waals surface area (Å²) in [5.74, 6) is 0.997. The van der Waals surface area contributed by atoms with Crippen molar-refractivity contribution >= 4 is 38.5 Å². The van der Waals surface area contributed by atoms with Crippen molar-refractivity contribution in [3.63, 3.8) is 0 Å². The Balaban J connectivity index is 1.31. The van der Waals surface area contributed by atoms with E-state index in [4.69, 9.17) is 0 Å². The standard InChI is InChI=1S/C33H32N2O3S2/c1-23-11-13-26(14-12-23)33-29-18-20-39-31(29)17-19-35(33)32(36)22-30(25-8-3-2-4-9-25)34-40(37,38)28-16-15-24-7-5-6-10-27(24)21-28/h2-16,21,30,33-34H,17-20,22H2,1H3/t30-,33?/m1/s1. The summed E-state index contributed by atoms with van der Waals surface area (Å²) in [4.78, 5) is 17.6. The molecule has 0 bridgehead atoms. The fourth-order valence-corrected chi connectivity index (χ4v) is 8.23. The maximum Gasteiger partial charge on any atom is 0.241 e. The van der Waals surface area contributed by atoms with Gasteiger partial charge in [0.1, 0.15) is 0 Å². The molecule has 0 saturated carbocycles. The van der Waals surface area contributed by atoms with Gasteiger partial charge < -0.3 is 4.90 Å². The molecule has 1 N–H and O–H groups in total. The third kappa shape index (κ3) is 5.46. The quantitative estimate of drug-likeness (QED) is 0.263. The Morgan fingerprint density at radius 3 is 2.42 bits per heavy atom. The first kappa shape index (κ1) is 26.8. The number of carbonyl (C=O) groups is 1. The van der Waals surface area contributed by atoms with E-state index in [0.717, 1.165) is 40.5 Å². The number of aryl methyl sites for hydroxylation is 1. The van der Waals surface area contributed by atoms with Crippen molar-refractivity contribution < 1.29 is 13.2 Å². The van der Waals surface area contributed by atoms with Crippen LogP contribution in [0, 0.1) is 6.92 Å². The highest BCUT2D eigenvalue weighted by molar-refractivity contribution is 8.03. The Labute approximate surface area is 240 Å². The van der Waals surface area contributed by atoms with E-state index in [1.54, 1.807) is 12.1 Å². The van der Waals surface area contributed by atoms with E-state index >= 15 is 0 Å². The molecule has 7 heteroatoms. The zero-order valence-electron chi connectivity index (χ0n) is 22.4. The van der Waals surface area contributed by atoms with Gasteiger partial charge in [0.2, 0.25) is 15.9 Å². The minimum atomic E-state index is -3.89. The number of rotatable bonds is 7. The molecule has 2 aliphatic heterocycles. The Hall–Kier alpha value is -3.39. The van der Waals surface area contributed by atoms with Gasteiger partial charge in [-0.25, -0.2) is 13.1 Å². The second kappa shape index (κ2) is 11.2. The summed E-state index contributed by atoms with van der Waals surface area (Å²) < 4.78 is 30.2. The van der Waals surface area contributed by atoms with Crippen LogP contribution in [0.4, 0.5) is 0 Å². The normalized spacial score (nSPS) is 18.1. The van der Waals surface area contributed by atoms with E-state index in [1.807, 2.05) is 77.3 Å². The number of nitrogens with one attached hydrogen (secondary N) is 1. The fourth-order valence-electron chi connectivity index (χ4n) is 5.77. The molecule has 2 heterocycles. The summed E-state index contributed by atoms with van der Waals surface area (Å²) in [6.45, 7) is 2.69. The lowest BCUT2D eigenvalue weighted by Crippen LogP contribution is -2.41. The molecule has 1 amide bonds. The van der Waals surface area contributed by atoms with Crippen LogP contribution in [-0.2, 0) is 14.8 Å². The van der Waals surface area contributed by atoms with Gasteiger partial charge in [0.25, 0.3) is 0 Å². The third-order valence-corrected chi connectivity index (χ3v) is 10.5. The second-order valence-corrected chi connectivity index (χ2v) is 13.4. The van der Waals surface area contributed by atoms with Crippen LogP contribution in [0.2, 0.25) is 0 Å². The van der Waals surface area contributed by atoms with Crippen LogP contribution < -0.4 is 4.72 Å². The summed E-state index contributed by atoms with van der Waals surface area (Å²) >= 11 is 1.91. The highest BCUT2D eigenvalue weighted by Crippen LogP contribution is 2.47. The summed E-state index contributed by atoms with van der Waals surface area (Å²) in [7, 11) is -3.89. The van der Waals surface area contributed by atoms with E-state index in [-0.39, 0.29) is 23.3 Å². The van der Waals surface area contributed by atoms with Gasteiger partial charge >= 0.3 is 0 Å². The van der Waals surface area contributed by atoms with Gasteiger partial charge in [0.15, 0.2) is 0 Å². The Morgan fingerprint density at radius 2 is 1.65 bits per heavy atom. The summed E-state index contributed by atoms with van der Waals surface area (Å²) in [5.41, 5.74) is 4.39. The Morgan fingerprint density at radius 1 is 0.925 bits per heavy atom. The number of benzene rings is 4. The highest BCUT2D eigenvalue weighted by Gasteiger charge is 2.37. The number of amides is 1. The molecule has 2 aliphatic rings. The monoisotopic (exact) mass is 568 g/mol. The van der Waals surface area contributed by atoms with Crippen LogP contribution in [-0.4, -0.2) is 31.5 Å². The van der Waals surface area contributed by atoms with Crippen molar-refractivity contribution in [3.05, 3.63) is 124 Å². The largest absolute Gasteiger partial charge is 0.331 e. The zero-order chi connectivity index (χ0) is 27.7. The number of carbonyl (C=O) groups excluding carboxylic acids is 1. The van der Waals surface area contributed by atoms with Gasteiger partial charge in [0.05, 0.1) is 17.0 Å². The van der Waals surface area contributed by atoms with Crippen molar-refractivity contribution in [1.29, 1.82) is 0 Å². The Kier molecular flexibility index (Phi) is 7.53. The van der Waals surface area contributed by atoms with Gasteiger partial charge in [-0.3, -0.25) is 4.79 Å². The third-order valence-electron chi connectivity index (χ3n) is 7.85. The van der Waals surface area contributed by atoms with Crippen LogP contribution >= 0.6 is 11.8 Å². The molecule has 4 aromatic carbocycles. The average molecular weight is 569 g/mol. The smallest absolute Gasteiger partial charge is 0.241 e. The lowest BCUT2D eigenvalue weighted by molar-refractivity contribution is -0.133. The van der Waals surface area contributed by atoms with Crippen molar-refractivity contribution in [3.8, 4) is 0 Å². The van der Waals surface area contributed by atoms with Crippen molar-refractivity contribution in [1.82, 2.24) is 9.62 Å². The molecular formula is C33H32N2O3S2. The van der Waals surface area contributed by atoms with Gasteiger partial charge in [-0.05, 0) is 64.3 Å². The summed E-state index contributed by atoms with van der Waals surface area (Å²) in [5, 5.41) is 1.83. The molecule has 6 rings (SSSR count). The van der Waals surface area contributed by atoms with E-state index in [2.05, 4.69) is 35.9 Å². The van der Waals surface area contributed by atoms with Gasteiger partial charge in [-0.1, -0.05) is 90.5 Å². The maximum atomic E-state index is 14.1. The van der Waals surface area contributed by atoms with E-state index in [0.29, 0.717) is 6.54 Å².